The highest BCUT2D eigenvalue weighted by Gasteiger charge is 2.29. The number of rotatable bonds is 1. The van der Waals surface area contributed by atoms with Gasteiger partial charge in [0.05, 0.1) is 26.6 Å². The van der Waals surface area contributed by atoms with Crippen molar-refractivity contribution in [3.05, 3.63) is 38.6 Å². The zero-order valence-electron chi connectivity index (χ0n) is 10.9. The van der Waals surface area contributed by atoms with Crippen molar-refractivity contribution in [2.45, 2.75) is 19.9 Å². The highest BCUT2D eigenvalue weighted by atomic mass is 79.9. The van der Waals surface area contributed by atoms with Crippen LogP contribution in [0.3, 0.4) is 0 Å². The minimum absolute atomic E-state index is 0.220. The van der Waals surface area contributed by atoms with Crippen LogP contribution in [0.1, 0.15) is 23.0 Å². The number of aryl methyl sites for hydroxylation is 1. The van der Waals surface area contributed by atoms with Crippen molar-refractivity contribution >= 4 is 39.1 Å². The number of fused-ring (bicyclic) bond motifs is 1. The Labute approximate surface area is 129 Å². The average Bonchev–Trinajstić information content (AvgIpc) is 2.82. The number of amides is 1. The third-order valence-corrected chi connectivity index (χ3v) is 4.88. The Morgan fingerprint density at radius 2 is 2.15 bits per heavy atom. The fraction of sp³-hybridized carbons (Fsp3) is 0.231. The van der Waals surface area contributed by atoms with Gasteiger partial charge >= 0.3 is 0 Å². The first-order valence-corrected chi connectivity index (χ1v) is 7.19. The van der Waals surface area contributed by atoms with E-state index in [1.807, 2.05) is 13.8 Å². The maximum Gasteiger partial charge on any atom is 0.245 e. The third-order valence-electron chi connectivity index (χ3n) is 3.43. The zero-order chi connectivity index (χ0) is 14.6. The fourth-order valence-electron chi connectivity index (χ4n) is 2.32. The van der Waals surface area contributed by atoms with Crippen molar-refractivity contribution in [3.63, 3.8) is 0 Å². The van der Waals surface area contributed by atoms with E-state index in [1.165, 1.54) is 0 Å². The molecule has 1 aromatic heterocycles. The predicted molar refractivity (Wildman–Crippen MR) is 81.3 cm³/mol. The Bertz CT molecular complexity index is 740. The summed E-state index contributed by atoms with van der Waals surface area (Å²) in [6, 6.07) is 2.86. The number of halogens is 2. The van der Waals surface area contributed by atoms with Crippen molar-refractivity contribution in [2.24, 2.45) is 5.73 Å². The summed E-state index contributed by atoms with van der Waals surface area (Å²) in [4.78, 5) is 11.6. The van der Waals surface area contributed by atoms with Gasteiger partial charge < -0.3 is 11.1 Å². The number of nitrogens with one attached hydrogen (secondary N) is 1. The quantitative estimate of drug-likeness (QED) is 0.826. The second-order valence-electron chi connectivity index (χ2n) is 4.75. The largest absolute Gasteiger partial charge is 0.324 e. The van der Waals surface area contributed by atoms with Gasteiger partial charge in [0, 0.05) is 11.3 Å². The van der Waals surface area contributed by atoms with E-state index in [4.69, 9.17) is 17.3 Å². The van der Waals surface area contributed by atoms with Gasteiger partial charge in [0.1, 0.15) is 6.04 Å². The topological polar surface area (TPSA) is 72.9 Å². The number of benzene rings is 1. The molecule has 1 aliphatic heterocycles. The molecule has 1 unspecified atom stereocenters. The van der Waals surface area contributed by atoms with Crippen molar-refractivity contribution in [1.29, 1.82) is 0 Å². The van der Waals surface area contributed by atoms with E-state index in [-0.39, 0.29) is 5.91 Å². The summed E-state index contributed by atoms with van der Waals surface area (Å²) in [5, 5.41) is 7.70. The second-order valence-corrected chi connectivity index (χ2v) is 5.95. The van der Waals surface area contributed by atoms with Crippen molar-refractivity contribution < 1.29 is 4.79 Å². The second kappa shape index (κ2) is 4.58. The number of carbonyl (C=O) groups excluding carboxylic acids is 1. The first kappa shape index (κ1) is 13.6. The molecule has 7 heteroatoms. The first-order valence-electron chi connectivity index (χ1n) is 6.02. The number of nitrogens with zero attached hydrogens (tertiary/aromatic N) is 2. The van der Waals surface area contributed by atoms with Gasteiger partial charge in [-0.05, 0) is 41.9 Å². The number of hydrogen-bond acceptors (Lipinski definition) is 3. The predicted octanol–water partition coefficient (Wildman–Crippen LogP) is 2.86. The number of anilines is 1. The lowest BCUT2D eigenvalue weighted by Crippen LogP contribution is -2.19. The maximum absolute atomic E-state index is 11.6. The molecule has 0 saturated carbocycles. The number of aromatic nitrogens is 2. The lowest BCUT2D eigenvalue weighted by molar-refractivity contribution is -0.116. The highest BCUT2D eigenvalue weighted by Crippen LogP contribution is 2.36. The van der Waals surface area contributed by atoms with Crippen LogP contribution in [0.15, 0.2) is 16.6 Å². The van der Waals surface area contributed by atoms with E-state index in [0.29, 0.717) is 22.0 Å². The third kappa shape index (κ3) is 1.87. The summed E-state index contributed by atoms with van der Waals surface area (Å²) in [5.74, 6) is -0.220. The molecular weight excluding hydrogens is 344 g/mol. The molecule has 2 aromatic rings. The molecule has 104 valence electrons. The van der Waals surface area contributed by atoms with E-state index in [2.05, 4.69) is 26.3 Å². The molecule has 1 aromatic carbocycles. The monoisotopic (exact) mass is 354 g/mol. The van der Waals surface area contributed by atoms with E-state index in [9.17, 15) is 4.79 Å². The average molecular weight is 356 g/mol. The van der Waals surface area contributed by atoms with Gasteiger partial charge in [0.25, 0.3) is 0 Å². The van der Waals surface area contributed by atoms with Crippen molar-refractivity contribution in [2.75, 3.05) is 5.32 Å². The minimum Gasteiger partial charge on any atom is -0.324 e. The van der Waals surface area contributed by atoms with Crippen molar-refractivity contribution in [3.8, 4) is 5.69 Å². The fourth-order valence-corrected chi connectivity index (χ4v) is 2.81. The Morgan fingerprint density at radius 1 is 1.45 bits per heavy atom. The summed E-state index contributed by atoms with van der Waals surface area (Å²) in [5.41, 5.74) is 9.73. The Kier molecular flexibility index (Phi) is 3.12. The Balaban J connectivity index is 2.19. The normalized spacial score (nSPS) is 17.2. The van der Waals surface area contributed by atoms with E-state index >= 15 is 0 Å². The molecule has 2 heterocycles. The molecule has 3 N–H and O–H groups in total. The van der Waals surface area contributed by atoms with Crippen LogP contribution < -0.4 is 11.1 Å². The smallest absolute Gasteiger partial charge is 0.245 e. The van der Waals surface area contributed by atoms with Gasteiger partial charge in [-0.3, -0.25) is 4.79 Å². The van der Waals surface area contributed by atoms with Crippen LogP contribution in [0.5, 0.6) is 0 Å². The van der Waals surface area contributed by atoms with Crippen LogP contribution in [-0.4, -0.2) is 15.7 Å². The van der Waals surface area contributed by atoms with Crippen LogP contribution >= 0.6 is 27.5 Å². The van der Waals surface area contributed by atoms with Gasteiger partial charge in [-0.2, -0.15) is 5.10 Å². The zero-order valence-corrected chi connectivity index (χ0v) is 13.2. The van der Waals surface area contributed by atoms with Gasteiger partial charge in [0.2, 0.25) is 5.91 Å². The lowest BCUT2D eigenvalue weighted by atomic mass is 10.1. The summed E-state index contributed by atoms with van der Waals surface area (Å²) < 4.78 is 2.69. The van der Waals surface area contributed by atoms with Crippen LogP contribution in [0.2, 0.25) is 5.02 Å². The SMILES string of the molecule is Cc1nn(-c2cc3c(cc2Cl)C(N)C(=O)N3)c(C)c1Br. The lowest BCUT2D eigenvalue weighted by Gasteiger charge is -2.10. The highest BCUT2D eigenvalue weighted by molar-refractivity contribution is 9.10. The minimum atomic E-state index is -0.663. The molecule has 1 atom stereocenters. The first-order chi connectivity index (χ1) is 9.40. The van der Waals surface area contributed by atoms with E-state index < -0.39 is 6.04 Å². The molecule has 1 aliphatic rings. The summed E-state index contributed by atoms with van der Waals surface area (Å²) in [6.45, 7) is 3.85. The van der Waals surface area contributed by atoms with Crippen LogP contribution in [0, 0.1) is 13.8 Å². The molecule has 0 bridgehead atoms. The molecule has 0 saturated heterocycles. The maximum atomic E-state index is 11.6. The number of carbonyl (C=O) groups is 1. The molecule has 0 aliphatic carbocycles. The molecule has 20 heavy (non-hydrogen) atoms. The molecular formula is C13H12BrClN4O. The van der Waals surface area contributed by atoms with Gasteiger partial charge in [-0.15, -0.1) is 0 Å². The van der Waals surface area contributed by atoms with E-state index in [0.717, 1.165) is 15.9 Å². The van der Waals surface area contributed by atoms with Crippen LogP contribution in [-0.2, 0) is 4.79 Å². The molecule has 3 rings (SSSR count). The summed E-state index contributed by atoms with van der Waals surface area (Å²) in [6.07, 6.45) is 0. The molecule has 5 nitrogen and oxygen atoms in total. The number of nitrogens with two attached hydrogens (primary N) is 1. The summed E-state index contributed by atoms with van der Waals surface area (Å²) in [7, 11) is 0. The van der Waals surface area contributed by atoms with Gasteiger partial charge in [0.15, 0.2) is 0 Å². The van der Waals surface area contributed by atoms with Crippen molar-refractivity contribution in [1.82, 2.24) is 9.78 Å². The molecule has 0 fully saturated rings. The van der Waals surface area contributed by atoms with Crippen LogP contribution in [0.25, 0.3) is 5.69 Å². The van der Waals surface area contributed by atoms with Gasteiger partial charge in [-0.1, -0.05) is 11.6 Å². The molecule has 1 amide bonds. The van der Waals surface area contributed by atoms with Crippen LogP contribution in [0.4, 0.5) is 5.69 Å². The van der Waals surface area contributed by atoms with E-state index in [1.54, 1.807) is 16.8 Å². The molecule has 0 spiro atoms. The standard InChI is InChI=1S/C13H12BrClN4O/c1-5-11(14)6(2)19(18-5)10-4-9-7(3-8(10)15)12(16)13(20)17-9/h3-4,12H,16H2,1-2H3,(H,17,20). The Hall–Kier alpha value is -1.37. The van der Waals surface area contributed by atoms with Gasteiger partial charge in [-0.25, -0.2) is 4.68 Å². The Morgan fingerprint density at radius 3 is 2.75 bits per heavy atom. The molecule has 0 radical (unpaired) electrons. The summed E-state index contributed by atoms with van der Waals surface area (Å²) >= 11 is 9.81. The number of hydrogen-bond donors (Lipinski definition) is 2.